The van der Waals surface area contributed by atoms with Crippen molar-refractivity contribution in [1.82, 2.24) is 5.32 Å². The van der Waals surface area contributed by atoms with E-state index in [1.165, 1.54) is 0 Å². The summed E-state index contributed by atoms with van der Waals surface area (Å²) < 4.78 is 55.3. The number of amides is 1. The third-order valence-corrected chi connectivity index (χ3v) is 5.48. The molecule has 5 N–H and O–H groups in total. The smallest absolute Gasteiger partial charge is 0.543 e. The van der Waals surface area contributed by atoms with Gasteiger partial charge in [-0.3, -0.25) is 4.79 Å². The van der Waals surface area contributed by atoms with E-state index in [1.54, 1.807) is 0 Å². The van der Waals surface area contributed by atoms with Crippen LogP contribution in [-0.2, 0) is 20.5 Å². The number of hydrogen-bond acceptors (Lipinski definition) is 11. The number of fused-ring (bicyclic) bond motifs is 1. The van der Waals surface area contributed by atoms with E-state index in [2.05, 4.69) is 5.32 Å². The molecule has 6 atom stereocenters. The van der Waals surface area contributed by atoms with E-state index in [-0.39, 0.29) is 35.6 Å². The molecule has 1 aromatic carbocycles. The molecule has 2 heterocycles. The first-order chi connectivity index (χ1) is 16.7. The van der Waals surface area contributed by atoms with Crippen molar-refractivity contribution >= 4 is 22.8 Å². The van der Waals surface area contributed by atoms with E-state index >= 15 is 0 Å². The van der Waals surface area contributed by atoms with E-state index in [0.29, 0.717) is 0 Å². The summed E-state index contributed by atoms with van der Waals surface area (Å²) in [6, 6.07) is 1.30. The Hall–Kier alpha value is -2.24. The molecule has 1 saturated heterocycles. The molecule has 1 fully saturated rings. The number of carboxylic acids is 1. The number of carboxylic acid groups (broad SMARTS) is 1. The maximum Gasteiger partial charge on any atom is 1.00 e. The van der Waals surface area contributed by atoms with Gasteiger partial charge in [-0.05, 0) is 12.1 Å². The molecule has 0 saturated carbocycles. The zero-order chi connectivity index (χ0) is 27.0. The summed E-state index contributed by atoms with van der Waals surface area (Å²) in [6.07, 6.45) is -13.4. The first-order valence-corrected chi connectivity index (χ1v) is 10.3. The topological polar surface area (TPSA) is 199 Å². The molecule has 1 aliphatic rings. The zero-order valence-electron chi connectivity index (χ0n) is 19.4. The Morgan fingerprint density at radius 3 is 2.49 bits per heavy atom. The molecule has 0 bridgehead atoms. The molecule has 4 unspecified atom stereocenters. The quantitative estimate of drug-likeness (QED) is 0.166. The van der Waals surface area contributed by atoms with Gasteiger partial charge in [-0.15, -0.1) is 0 Å². The number of ether oxygens (including phenoxy) is 2. The fourth-order valence-corrected chi connectivity index (χ4v) is 3.85. The molecule has 3 rings (SSSR count). The summed E-state index contributed by atoms with van der Waals surface area (Å²) in [4.78, 5) is 35.3. The SMILES string of the molecule is CC(=O)NC1C(O)CC(Oc2ccc3c(C(F)(F)F)cc(=O)oc3c2)(C(=O)[O-])OC1[C@@H](O)[C@@H](O)CO.[Na+]. The number of alkyl halides is 3. The minimum Gasteiger partial charge on any atom is -0.543 e. The van der Waals surface area contributed by atoms with Crippen molar-refractivity contribution in [3.8, 4) is 5.75 Å². The summed E-state index contributed by atoms with van der Waals surface area (Å²) >= 11 is 0. The maximum atomic E-state index is 13.3. The van der Waals surface area contributed by atoms with E-state index in [1.807, 2.05) is 0 Å². The summed E-state index contributed by atoms with van der Waals surface area (Å²) in [5.41, 5.74) is -3.26. The van der Waals surface area contributed by atoms with Crippen LogP contribution >= 0.6 is 0 Å². The third-order valence-electron chi connectivity index (χ3n) is 5.48. The zero-order valence-corrected chi connectivity index (χ0v) is 21.4. The Labute approximate surface area is 227 Å². The van der Waals surface area contributed by atoms with Crippen LogP contribution in [0.4, 0.5) is 13.2 Å². The summed E-state index contributed by atoms with van der Waals surface area (Å²) in [5, 5.41) is 53.8. The van der Waals surface area contributed by atoms with Crippen molar-refractivity contribution in [2.75, 3.05) is 6.61 Å². The standard InChI is InChI=1S/C21H22F3NO11.Na/c1-8(27)25-16-12(28)6-20(19(32)33,36-18(16)17(31)13(29)7-26)35-9-2-3-10-11(21(22,23)24)5-15(30)34-14(10)4-9;/h2-5,12-13,16-18,26,28-29,31H,6-7H2,1H3,(H,25,27)(H,32,33);/q;+1/p-1/t12?,13-,16?,17-,18?,20?;/m0./s1. The van der Waals surface area contributed by atoms with Gasteiger partial charge in [0.1, 0.15) is 35.6 Å². The van der Waals surface area contributed by atoms with E-state index < -0.39 is 95.2 Å². The molecule has 0 aliphatic carbocycles. The molecule has 198 valence electrons. The van der Waals surface area contributed by atoms with Gasteiger partial charge in [-0.1, -0.05) is 0 Å². The van der Waals surface area contributed by atoms with Crippen LogP contribution in [0.3, 0.4) is 0 Å². The largest absolute Gasteiger partial charge is 1.00 e. The number of benzene rings is 1. The molecule has 1 aromatic heterocycles. The van der Waals surface area contributed by atoms with Crippen LogP contribution < -0.4 is 50.3 Å². The van der Waals surface area contributed by atoms with Crippen LogP contribution in [0.5, 0.6) is 5.75 Å². The summed E-state index contributed by atoms with van der Waals surface area (Å²) in [7, 11) is 0. The molecule has 0 spiro atoms. The van der Waals surface area contributed by atoms with Gasteiger partial charge in [0.05, 0.1) is 24.3 Å². The second-order valence-electron chi connectivity index (χ2n) is 8.10. The van der Waals surface area contributed by atoms with Crippen molar-refractivity contribution in [3.63, 3.8) is 0 Å². The fourth-order valence-electron chi connectivity index (χ4n) is 3.85. The monoisotopic (exact) mass is 543 g/mol. The maximum absolute atomic E-state index is 13.3. The van der Waals surface area contributed by atoms with Crippen LogP contribution in [0.15, 0.2) is 33.5 Å². The van der Waals surface area contributed by atoms with Crippen molar-refractivity contribution in [2.24, 2.45) is 0 Å². The molecule has 2 aromatic rings. The van der Waals surface area contributed by atoms with Crippen LogP contribution in [0.25, 0.3) is 11.0 Å². The van der Waals surface area contributed by atoms with Crippen LogP contribution in [0, 0.1) is 0 Å². The van der Waals surface area contributed by atoms with Gasteiger partial charge in [0.2, 0.25) is 5.91 Å². The van der Waals surface area contributed by atoms with Crippen LogP contribution in [0.1, 0.15) is 18.9 Å². The van der Waals surface area contributed by atoms with Crippen molar-refractivity contribution in [2.45, 2.75) is 55.8 Å². The van der Waals surface area contributed by atoms with Crippen molar-refractivity contribution in [1.29, 1.82) is 0 Å². The molecule has 1 amide bonds. The van der Waals surface area contributed by atoms with Gasteiger partial charge in [0.15, 0.2) is 0 Å². The number of aliphatic hydroxyl groups is 4. The minimum atomic E-state index is -4.91. The van der Waals surface area contributed by atoms with E-state index in [0.717, 1.165) is 25.1 Å². The molecular weight excluding hydrogens is 522 g/mol. The predicted octanol–water partition coefficient (Wildman–Crippen LogP) is -4.99. The van der Waals surface area contributed by atoms with Gasteiger partial charge >= 0.3 is 41.4 Å². The number of hydrogen-bond donors (Lipinski definition) is 5. The average Bonchev–Trinajstić information content (AvgIpc) is 2.77. The Kier molecular flexibility index (Phi) is 9.76. The number of rotatable bonds is 7. The number of aliphatic hydroxyl groups excluding tert-OH is 4. The van der Waals surface area contributed by atoms with Gasteiger partial charge in [-0.25, -0.2) is 4.79 Å². The first-order valence-electron chi connectivity index (χ1n) is 10.3. The van der Waals surface area contributed by atoms with Crippen molar-refractivity contribution in [3.05, 3.63) is 40.2 Å². The minimum absolute atomic E-state index is 0. The Morgan fingerprint density at radius 1 is 1.30 bits per heavy atom. The van der Waals surface area contributed by atoms with Crippen LogP contribution in [-0.4, -0.2) is 75.2 Å². The van der Waals surface area contributed by atoms with E-state index in [4.69, 9.17) is 19.0 Å². The van der Waals surface area contributed by atoms with Gasteiger partial charge < -0.3 is 49.5 Å². The Bertz CT molecular complexity index is 1210. The number of nitrogens with one attached hydrogen (secondary N) is 1. The average molecular weight is 543 g/mol. The molecular formula is C21H21F3NNaO11. The molecule has 37 heavy (non-hydrogen) atoms. The second-order valence-corrected chi connectivity index (χ2v) is 8.10. The molecule has 0 radical (unpaired) electrons. The summed E-state index contributed by atoms with van der Waals surface area (Å²) in [5.74, 6) is -6.20. The van der Waals surface area contributed by atoms with Gasteiger partial charge in [-0.2, -0.15) is 13.2 Å². The number of aliphatic carboxylic acids is 1. The van der Waals surface area contributed by atoms with E-state index in [9.17, 15) is 48.0 Å². The number of carbonyl (C=O) groups excluding carboxylic acids is 2. The number of carbonyl (C=O) groups is 2. The summed E-state index contributed by atoms with van der Waals surface area (Å²) in [6.45, 7) is 0.0438. The first kappa shape index (κ1) is 31.0. The fraction of sp³-hybridized carbons (Fsp3) is 0.476. The molecule has 12 nitrogen and oxygen atoms in total. The van der Waals surface area contributed by atoms with Crippen molar-refractivity contribution < 1.29 is 91.7 Å². The van der Waals surface area contributed by atoms with Gasteiger partial charge in [0.25, 0.3) is 5.79 Å². The predicted molar refractivity (Wildman–Crippen MR) is 108 cm³/mol. The third kappa shape index (κ3) is 6.61. The Morgan fingerprint density at radius 2 is 1.95 bits per heavy atom. The molecule has 16 heteroatoms. The Balaban J connectivity index is 0.00000481. The second kappa shape index (κ2) is 11.7. The molecule has 1 aliphatic heterocycles. The van der Waals surface area contributed by atoms with Gasteiger partial charge in [0, 0.05) is 30.9 Å². The number of halogens is 3. The normalized spacial score (nSPS) is 25.6. The van der Waals surface area contributed by atoms with Crippen LogP contribution in [0.2, 0.25) is 0 Å².